The minimum Gasteiger partial charge on any atom is -0.504 e. The number of imidazole rings is 1. The molecule has 3 N–H and O–H groups in total. The molecule has 9 heteroatoms. The van der Waals surface area contributed by atoms with E-state index in [9.17, 15) is 10.2 Å². The number of para-hydroxylation sites is 2. The first-order valence-corrected chi connectivity index (χ1v) is 12.4. The number of anilines is 1. The largest absolute Gasteiger partial charge is 0.504 e. The average Bonchev–Trinajstić information content (AvgIpc) is 3.51. The third-order valence-corrected chi connectivity index (χ3v) is 6.63. The number of benzene rings is 2. The zero-order valence-corrected chi connectivity index (χ0v) is 19.9. The molecule has 0 saturated carbocycles. The van der Waals surface area contributed by atoms with Crippen molar-refractivity contribution >= 4 is 17.0 Å². The van der Waals surface area contributed by atoms with Crippen LogP contribution in [0, 0.1) is 0 Å². The second kappa shape index (κ2) is 11.3. The van der Waals surface area contributed by atoms with Gasteiger partial charge in [0.2, 0.25) is 5.95 Å². The second-order valence-electron chi connectivity index (χ2n) is 9.08. The minimum absolute atomic E-state index is 0.0224. The van der Waals surface area contributed by atoms with Crippen LogP contribution in [0.2, 0.25) is 0 Å². The van der Waals surface area contributed by atoms with Gasteiger partial charge in [0.1, 0.15) is 6.23 Å². The lowest BCUT2D eigenvalue weighted by Gasteiger charge is -2.26. The van der Waals surface area contributed by atoms with E-state index in [0.717, 1.165) is 74.7 Å². The van der Waals surface area contributed by atoms with E-state index in [4.69, 9.17) is 19.2 Å². The molecule has 0 spiro atoms. The van der Waals surface area contributed by atoms with Gasteiger partial charge in [0, 0.05) is 26.2 Å². The second-order valence-corrected chi connectivity index (χ2v) is 9.08. The van der Waals surface area contributed by atoms with Crippen LogP contribution in [0.25, 0.3) is 11.0 Å². The van der Waals surface area contributed by atoms with Crippen LogP contribution in [-0.4, -0.2) is 76.8 Å². The highest BCUT2D eigenvalue weighted by molar-refractivity contribution is 5.78. The van der Waals surface area contributed by atoms with Crippen LogP contribution in [0.5, 0.6) is 11.5 Å². The first-order chi connectivity index (χ1) is 17.2. The Morgan fingerprint density at radius 2 is 1.97 bits per heavy atom. The van der Waals surface area contributed by atoms with Crippen molar-refractivity contribution in [1.29, 1.82) is 0 Å². The maximum absolute atomic E-state index is 10.3. The van der Waals surface area contributed by atoms with Crippen molar-refractivity contribution in [3.8, 4) is 11.5 Å². The molecule has 0 amide bonds. The van der Waals surface area contributed by atoms with Crippen molar-refractivity contribution in [1.82, 2.24) is 14.5 Å². The number of fused-ring (bicyclic) bond motifs is 1. The average molecular weight is 483 g/mol. The molecule has 2 aliphatic heterocycles. The fraction of sp³-hybridized carbons (Fsp3) is 0.500. The summed E-state index contributed by atoms with van der Waals surface area (Å²) in [5, 5.41) is 23.2. The highest BCUT2D eigenvalue weighted by Crippen LogP contribution is 2.34. The Bertz CT molecular complexity index is 1110. The van der Waals surface area contributed by atoms with Crippen molar-refractivity contribution in [2.24, 2.45) is 0 Å². The van der Waals surface area contributed by atoms with Gasteiger partial charge in [0.15, 0.2) is 11.5 Å². The van der Waals surface area contributed by atoms with Gasteiger partial charge in [-0.05, 0) is 49.1 Å². The number of aromatic nitrogens is 2. The standard InChI is InChI=1S/C26H34N4O5/c31-18-20-7-9-25(35-20)30-22-5-2-1-4-21(22)28-26(30)27-17-19-6-8-23(32)24(16-19)34-13-3-10-29-11-14-33-15-12-29/h1-2,4-6,8,16,20,25,31-32H,3,7,9-15,17-18H2,(H,27,28)/t20-,25+/m0/s1. The molecule has 3 aromatic rings. The first kappa shape index (κ1) is 23.9. The summed E-state index contributed by atoms with van der Waals surface area (Å²) in [5.41, 5.74) is 2.86. The zero-order chi connectivity index (χ0) is 24.0. The minimum atomic E-state index is -0.174. The Hall–Kier alpha value is -2.85. The molecule has 2 aliphatic rings. The van der Waals surface area contributed by atoms with E-state index in [2.05, 4.69) is 14.8 Å². The summed E-state index contributed by atoms with van der Waals surface area (Å²) in [4.78, 5) is 7.15. The lowest BCUT2D eigenvalue weighted by molar-refractivity contribution is -0.0195. The lowest BCUT2D eigenvalue weighted by Crippen LogP contribution is -2.37. The van der Waals surface area contributed by atoms with Crippen molar-refractivity contribution < 1.29 is 24.4 Å². The van der Waals surface area contributed by atoms with Gasteiger partial charge in [-0.25, -0.2) is 4.98 Å². The van der Waals surface area contributed by atoms with Crippen LogP contribution in [0.3, 0.4) is 0 Å². The Morgan fingerprint density at radius 3 is 2.80 bits per heavy atom. The molecule has 2 atom stereocenters. The molecule has 35 heavy (non-hydrogen) atoms. The lowest BCUT2D eigenvalue weighted by atomic mass is 10.2. The Labute approximate surface area is 205 Å². The van der Waals surface area contributed by atoms with E-state index in [1.54, 1.807) is 6.07 Å². The molecule has 1 aromatic heterocycles. The van der Waals surface area contributed by atoms with Gasteiger partial charge in [0.05, 0.1) is 43.6 Å². The third kappa shape index (κ3) is 5.70. The van der Waals surface area contributed by atoms with Crippen LogP contribution < -0.4 is 10.1 Å². The number of rotatable bonds is 10. The SMILES string of the molecule is OC[C@@H]1CC[C@H](n2c(NCc3ccc(O)c(OCCCN4CCOCC4)c3)nc3ccccc32)O1. The normalized spacial score (nSPS) is 20.9. The van der Waals surface area contributed by atoms with Gasteiger partial charge < -0.3 is 29.7 Å². The fourth-order valence-corrected chi connectivity index (χ4v) is 4.73. The molecule has 0 bridgehead atoms. The Morgan fingerprint density at radius 1 is 1.11 bits per heavy atom. The van der Waals surface area contributed by atoms with E-state index in [1.165, 1.54) is 0 Å². The Balaban J connectivity index is 1.23. The predicted molar refractivity (Wildman–Crippen MR) is 133 cm³/mol. The molecular weight excluding hydrogens is 448 g/mol. The summed E-state index contributed by atoms with van der Waals surface area (Å²) in [6.07, 6.45) is 2.21. The summed E-state index contributed by atoms with van der Waals surface area (Å²) in [6, 6.07) is 13.4. The molecule has 9 nitrogen and oxygen atoms in total. The number of morpholine rings is 1. The number of aromatic hydroxyl groups is 1. The monoisotopic (exact) mass is 482 g/mol. The molecule has 2 aromatic carbocycles. The van der Waals surface area contributed by atoms with Gasteiger partial charge in [-0.2, -0.15) is 0 Å². The van der Waals surface area contributed by atoms with Crippen molar-refractivity contribution in [3.05, 3.63) is 48.0 Å². The predicted octanol–water partition coefficient (Wildman–Crippen LogP) is 3.13. The number of nitrogens with zero attached hydrogens (tertiary/aromatic N) is 3. The van der Waals surface area contributed by atoms with Crippen molar-refractivity contribution in [3.63, 3.8) is 0 Å². The maximum Gasteiger partial charge on any atom is 0.206 e. The number of phenols is 1. The number of ether oxygens (including phenoxy) is 3. The van der Waals surface area contributed by atoms with E-state index in [-0.39, 0.29) is 24.7 Å². The summed E-state index contributed by atoms with van der Waals surface area (Å²) >= 11 is 0. The van der Waals surface area contributed by atoms with Crippen LogP contribution in [-0.2, 0) is 16.0 Å². The third-order valence-electron chi connectivity index (χ3n) is 6.63. The number of hydrogen-bond acceptors (Lipinski definition) is 8. The molecule has 2 saturated heterocycles. The first-order valence-electron chi connectivity index (χ1n) is 12.4. The number of hydrogen-bond donors (Lipinski definition) is 3. The topological polar surface area (TPSA) is 101 Å². The molecule has 0 unspecified atom stereocenters. The number of nitrogens with one attached hydrogen (secondary N) is 1. The van der Waals surface area contributed by atoms with Crippen molar-refractivity contribution in [2.45, 2.75) is 38.1 Å². The highest BCUT2D eigenvalue weighted by atomic mass is 16.5. The van der Waals surface area contributed by atoms with Gasteiger partial charge in [-0.1, -0.05) is 18.2 Å². The summed E-state index contributed by atoms with van der Waals surface area (Å²) in [5.74, 6) is 1.35. The fourth-order valence-electron chi connectivity index (χ4n) is 4.73. The number of phenolic OH excluding ortho intramolecular Hbond substituents is 1. The molecule has 2 fully saturated rings. The zero-order valence-electron chi connectivity index (χ0n) is 19.9. The molecule has 0 radical (unpaired) electrons. The number of aliphatic hydroxyl groups excluding tert-OH is 1. The Kier molecular flexibility index (Phi) is 7.68. The van der Waals surface area contributed by atoms with Crippen LogP contribution in [0.15, 0.2) is 42.5 Å². The van der Waals surface area contributed by atoms with E-state index < -0.39 is 0 Å². The quantitative estimate of drug-likeness (QED) is 0.379. The molecule has 5 rings (SSSR count). The van der Waals surface area contributed by atoms with Gasteiger partial charge >= 0.3 is 0 Å². The summed E-state index contributed by atoms with van der Waals surface area (Å²) < 4.78 is 19.4. The van der Waals surface area contributed by atoms with Crippen LogP contribution in [0.4, 0.5) is 5.95 Å². The van der Waals surface area contributed by atoms with Crippen LogP contribution >= 0.6 is 0 Å². The van der Waals surface area contributed by atoms with Crippen molar-refractivity contribution in [2.75, 3.05) is 51.4 Å². The molecule has 3 heterocycles. The highest BCUT2D eigenvalue weighted by Gasteiger charge is 2.29. The maximum atomic E-state index is 10.3. The summed E-state index contributed by atoms with van der Waals surface area (Å²) in [7, 11) is 0. The van der Waals surface area contributed by atoms with Gasteiger partial charge in [-0.15, -0.1) is 0 Å². The number of aliphatic hydroxyl groups is 1. The molecule has 188 valence electrons. The summed E-state index contributed by atoms with van der Waals surface area (Å²) in [6.45, 7) is 5.55. The molecular formula is C26H34N4O5. The van der Waals surface area contributed by atoms with E-state index >= 15 is 0 Å². The van der Waals surface area contributed by atoms with Crippen LogP contribution in [0.1, 0.15) is 31.1 Å². The van der Waals surface area contributed by atoms with Gasteiger partial charge in [0.25, 0.3) is 0 Å². The molecule has 0 aliphatic carbocycles. The van der Waals surface area contributed by atoms with Gasteiger partial charge in [-0.3, -0.25) is 9.47 Å². The van der Waals surface area contributed by atoms with E-state index in [1.807, 2.05) is 36.4 Å². The van der Waals surface area contributed by atoms with E-state index in [0.29, 0.717) is 18.9 Å². The smallest absolute Gasteiger partial charge is 0.206 e.